The van der Waals surface area contributed by atoms with Crippen molar-refractivity contribution in [1.82, 2.24) is 9.78 Å². The second-order valence-corrected chi connectivity index (χ2v) is 6.34. The molecule has 1 heterocycles. The van der Waals surface area contributed by atoms with Gasteiger partial charge >= 0.3 is 5.97 Å². The third-order valence-corrected chi connectivity index (χ3v) is 4.23. The minimum Gasteiger partial charge on any atom is -0.452 e. The molecule has 2 rings (SSSR count). The zero-order valence-electron chi connectivity index (χ0n) is 15.3. The monoisotopic (exact) mass is 388 g/mol. The van der Waals surface area contributed by atoms with Crippen LogP contribution in [0.3, 0.4) is 0 Å². The van der Waals surface area contributed by atoms with E-state index in [2.05, 4.69) is 23.4 Å². The lowest BCUT2D eigenvalue weighted by Crippen LogP contribution is -2.21. The minimum absolute atomic E-state index is 0.182. The first-order chi connectivity index (χ1) is 13.0. The average molecular weight is 389 g/mol. The van der Waals surface area contributed by atoms with Crippen LogP contribution in [0.15, 0.2) is 24.3 Å². The zero-order chi connectivity index (χ0) is 19.8. The zero-order valence-corrected chi connectivity index (χ0v) is 16.0. The molecule has 7 nitrogen and oxygen atoms in total. The van der Waals surface area contributed by atoms with Gasteiger partial charge in [-0.1, -0.05) is 37.1 Å². The minimum atomic E-state index is -0.681. The van der Waals surface area contributed by atoms with Crippen LogP contribution in [0.2, 0.25) is 5.15 Å². The number of anilines is 1. The largest absolute Gasteiger partial charge is 0.452 e. The molecule has 2 aromatic rings. The second-order valence-electron chi connectivity index (χ2n) is 5.98. The molecule has 1 aromatic carbocycles. The van der Waals surface area contributed by atoms with Gasteiger partial charge in [-0.15, -0.1) is 0 Å². The molecule has 0 bridgehead atoms. The van der Waals surface area contributed by atoms with Crippen molar-refractivity contribution in [2.24, 2.45) is 0 Å². The van der Waals surface area contributed by atoms with Crippen molar-refractivity contribution in [2.45, 2.75) is 39.7 Å². The molecule has 0 aliphatic carbocycles. The first-order valence-electron chi connectivity index (χ1n) is 8.62. The number of amides is 1. The predicted molar refractivity (Wildman–Crippen MR) is 102 cm³/mol. The molecular formula is C19H21ClN4O3. The Hall–Kier alpha value is -2.85. The van der Waals surface area contributed by atoms with Crippen LogP contribution < -0.4 is 5.32 Å². The van der Waals surface area contributed by atoms with E-state index in [1.165, 1.54) is 0 Å². The summed E-state index contributed by atoms with van der Waals surface area (Å²) in [4.78, 5) is 24.3. The first kappa shape index (κ1) is 20.5. The van der Waals surface area contributed by atoms with Crippen LogP contribution in [0.1, 0.15) is 41.4 Å². The predicted octanol–water partition coefficient (Wildman–Crippen LogP) is 3.51. The van der Waals surface area contributed by atoms with E-state index in [9.17, 15) is 9.59 Å². The van der Waals surface area contributed by atoms with Crippen LogP contribution in [0, 0.1) is 18.3 Å². The molecule has 0 aliphatic heterocycles. The van der Waals surface area contributed by atoms with E-state index < -0.39 is 18.5 Å². The number of hydrogen-bond donors (Lipinski definition) is 1. The van der Waals surface area contributed by atoms with Gasteiger partial charge in [0, 0.05) is 12.2 Å². The Morgan fingerprint density at radius 3 is 2.67 bits per heavy atom. The van der Waals surface area contributed by atoms with Crippen molar-refractivity contribution in [3.63, 3.8) is 0 Å². The molecule has 0 atom stereocenters. The van der Waals surface area contributed by atoms with Gasteiger partial charge in [-0.2, -0.15) is 10.4 Å². The quantitative estimate of drug-likeness (QED) is 0.698. The third kappa shape index (κ3) is 5.56. The van der Waals surface area contributed by atoms with E-state index in [-0.39, 0.29) is 10.7 Å². The lowest BCUT2D eigenvalue weighted by molar-refractivity contribution is -0.119. The normalized spacial score (nSPS) is 10.3. The maximum atomic E-state index is 12.3. The van der Waals surface area contributed by atoms with Gasteiger partial charge in [0.25, 0.3) is 5.91 Å². The van der Waals surface area contributed by atoms with Crippen molar-refractivity contribution in [2.75, 3.05) is 11.9 Å². The maximum absolute atomic E-state index is 12.3. The number of hydrogen-bond acceptors (Lipinski definition) is 5. The van der Waals surface area contributed by atoms with Gasteiger partial charge < -0.3 is 10.1 Å². The molecule has 142 valence electrons. The fourth-order valence-electron chi connectivity index (χ4n) is 2.44. The molecule has 0 unspecified atom stereocenters. The SMILES string of the molecule is CCCCn1nc(C)c(C(=O)OCC(=O)Nc2ccc(CC#N)cc2)c1Cl. The lowest BCUT2D eigenvalue weighted by Gasteiger charge is -2.07. The molecule has 0 aliphatic rings. The third-order valence-electron chi connectivity index (χ3n) is 3.85. The number of nitrogens with zero attached hydrogens (tertiary/aromatic N) is 3. The van der Waals surface area contributed by atoms with Gasteiger partial charge in [-0.25, -0.2) is 4.79 Å². The molecular weight excluding hydrogens is 368 g/mol. The van der Waals surface area contributed by atoms with Crippen molar-refractivity contribution < 1.29 is 14.3 Å². The smallest absolute Gasteiger partial charge is 0.343 e. The van der Waals surface area contributed by atoms with E-state index in [4.69, 9.17) is 21.6 Å². The van der Waals surface area contributed by atoms with Crippen LogP contribution in [-0.4, -0.2) is 28.3 Å². The number of unbranched alkanes of at least 4 members (excludes halogenated alkanes) is 1. The molecule has 27 heavy (non-hydrogen) atoms. The Bertz CT molecular complexity index is 853. The highest BCUT2D eigenvalue weighted by atomic mass is 35.5. The highest BCUT2D eigenvalue weighted by molar-refractivity contribution is 6.32. The molecule has 0 fully saturated rings. The van der Waals surface area contributed by atoms with Crippen LogP contribution >= 0.6 is 11.6 Å². The van der Waals surface area contributed by atoms with Gasteiger partial charge in [0.1, 0.15) is 10.7 Å². The lowest BCUT2D eigenvalue weighted by atomic mass is 10.1. The fourth-order valence-corrected chi connectivity index (χ4v) is 2.78. The van der Waals surface area contributed by atoms with Crippen LogP contribution in [0.4, 0.5) is 5.69 Å². The Morgan fingerprint density at radius 2 is 2.04 bits per heavy atom. The molecule has 0 spiro atoms. The molecule has 1 N–H and O–H groups in total. The number of nitriles is 1. The van der Waals surface area contributed by atoms with Crippen molar-refractivity contribution in [3.05, 3.63) is 46.2 Å². The number of ether oxygens (including phenoxy) is 1. The van der Waals surface area contributed by atoms with Crippen LogP contribution in [-0.2, 0) is 22.5 Å². The number of rotatable bonds is 8. The Kier molecular flexibility index (Phi) is 7.38. The Labute approximate surface area is 162 Å². The van der Waals surface area contributed by atoms with Crippen LogP contribution in [0.25, 0.3) is 0 Å². The molecule has 8 heteroatoms. The molecule has 0 saturated carbocycles. The maximum Gasteiger partial charge on any atom is 0.343 e. The van der Waals surface area contributed by atoms with E-state index in [0.717, 1.165) is 18.4 Å². The van der Waals surface area contributed by atoms with Crippen molar-refractivity contribution in [3.8, 4) is 6.07 Å². The van der Waals surface area contributed by atoms with Gasteiger partial charge in [0.2, 0.25) is 0 Å². The van der Waals surface area contributed by atoms with E-state index >= 15 is 0 Å². The second kappa shape index (κ2) is 9.74. The summed E-state index contributed by atoms with van der Waals surface area (Å²) < 4.78 is 6.64. The summed E-state index contributed by atoms with van der Waals surface area (Å²) in [6.45, 7) is 3.91. The molecule has 1 aromatic heterocycles. The van der Waals surface area contributed by atoms with Gasteiger partial charge in [-0.3, -0.25) is 9.48 Å². The fraction of sp³-hybridized carbons (Fsp3) is 0.368. The summed E-state index contributed by atoms with van der Waals surface area (Å²) in [5.41, 5.74) is 2.06. The van der Waals surface area contributed by atoms with Crippen molar-refractivity contribution >= 4 is 29.2 Å². The topological polar surface area (TPSA) is 97.0 Å². The van der Waals surface area contributed by atoms with E-state index in [0.29, 0.717) is 24.3 Å². The van der Waals surface area contributed by atoms with Crippen LogP contribution in [0.5, 0.6) is 0 Å². The number of aryl methyl sites for hydroxylation is 2. The number of carbonyl (C=O) groups excluding carboxylic acids is 2. The highest BCUT2D eigenvalue weighted by Crippen LogP contribution is 2.21. The van der Waals surface area contributed by atoms with Crippen molar-refractivity contribution in [1.29, 1.82) is 5.26 Å². The average Bonchev–Trinajstić information content (AvgIpc) is 2.93. The number of benzene rings is 1. The number of aromatic nitrogens is 2. The summed E-state index contributed by atoms with van der Waals surface area (Å²) in [5.74, 6) is -1.15. The number of esters is 1. The summed E-state index contributed by atoms with van der Waals surface area (Å²) in [7, 11) is 0. The Morgan fingerprint density at radius 1 is 1.33 bits per heavy atom. The molecule has 0 saturated heterocycles. The number of halogens is 1. The number of nitrogens with one attached hydrogen (secondary N) is 1. The van der Waals surface area contributed by atoms with Gasteiger partial charge in [0.05, 0.1) is 18.2 Å². The summed E-state index contributed by atoms with van der Waals surface area (Å²) in [5, 5.41) is 15.7. The number of carbonyl (C=O) groups is 2. The van der Waals surface area contributed by atoms with E-state index in [1.807, 2.05) is 0 Å². The van der Waals surface area contributed by atoms with Gasteiger partial charge in [0.15, 0.2) is 6.61 Å². The summed E-state index contributed by atoms with van der Waals surface area (Å²) in [6.07, 6.45) is 2.18. The molecule has 0 radical (unpaired) electrons. The first-order valence-corrected chi connectivity index (χ1v) is 8.99. The Balaban J connectivity index is 1.92. The standard InChI is InChI=1S/C19H21ClN4O3/c1-3-4-11-24-18(20)17(13(2)23-24)19(26)27-12-16(25)22-15-7-5-14(6-8-15)9-10-21/h5-8H,3-4,9,11-12H2,1-2H3,(H,22,25). The van der Waals surface area contributed by atoms with E-state index in [1.54, 1.807) is 35.9 Å². The van der Waals surface area contributed by atoms with Gasteiger partial charge in [-0.05, 0) is 31.0 Å². The molecule has 1 amide bonds. The highest BCUT2D eigenvalue weighted by Gasteiger charge is 2.22. The summed E-state index contributed by atoms with van der Waals surface area (Å²) >= 11 is 6.22. The summed E-state index contributed by atoms with van der Waals surface area (Å²) in [6, 6.07) is 8.92.